The summed E-state index contributed by atoms with van der Waals surface area (Å²) in [5, 5.41) is 4.50. The molecule has 0 spiro atoms. The third kappa shape index (κ3) is 4.83. The molecule has 3 aromatic rings. The van der Waals surface area contributed by atoms with E-state index in [9.17, 15) is 26.7 Å². The first-order valence-corrected chi connectivity index (χ1v) is 10.8. The van der Waals surface area contributed by atoms with E-state index in [1.807, 2.05) is 0 Å². The molecule has 0 unspecified atom stereocenters. The van der Waals surface area contributed by atoms with E-state index < -0.39 is 45.5 Å². The van der Waals surface area contributed by atoms with Crippen LogP contribution in [0.3, 0.4) is 0 Å². The van der Waals surface area contributed by atoms with Gasteiger partial charge in [0.2, 0.25) is 11.7 Å². The molecular formula is C21H15Cl2F5N2O2S. The lowest BCUT2D eigenvalue weighted by Gasteiger charge is -2.22. The van der Waals surface area contributed by atoms with Crippen LogP contribution in [0.1, 0.15) is 36.8 Å². The van der Waals surface area contributed by atoms with Gasteiger partial charge in [-0.1, -0.05) is 35.0 Å². The van der Waals surface area contributed by atoms with Gasteiger partial charge in [-0.2, -0.15) is 5.10 Å². The molecule has 0 bridgehead atoms. The maximum atomic E-state index is 14.3. The molecule has 3 rings (SSSR count). The van der Waals surface area contributed by atoms with Crippen molar-refractivity contribution in [2.24, 2.45) is 0 Å². The number of nitrogens with zero attached hydrogens (tertiary/aromatic N) is 2. The average molecular weight is 525 g/mol. The normalized spacial score (nSPS) is 11.7. The Bertz CT molecular complexity index is 1250. The van der Waals surface area contributed by atoms with Crippen LogP contribution in [0.2, 0.25) is 10.0 Å². The van der Waals surface area contributed by atoms with E-state index in [0.29, 0.717) is 0 Å². The minimum absolute atomic E-state index is 0.0139. The van der Waals surface area contributed by atoms with Crippen LogP contribution >= 0.6 is 35.0 Å². The molecule has 2 aromatic carbocycles. The highest BCUT2D eigenvalue weighted by molar-refractivity contribution is 7.99. The Balaban J connectivity index is 2.15. The third-order valence-corrected chi connectivity index (χ3v) is 6.10. The van der Waals surface area contributed by atoms with Crippen LogP contribution < -0.4 is 4.74 Å². The zero-order valence-electron chi connectivity index (χ0n) is 17.5. The summed E-state index contributed by atoms with van der Waals surface area (Å²) in [6, 6.07) is 4.03. The van der Waals surface area contributed by atoms with Crippen LogP contribution in [-0.2, 0) is 5.54 Å². The van der Waals surface area contributed by atoms with Crippen molar-refractivity contribution in [1.29, 1.82) is 0 Å². The molecule has 0 aliphatic rings. The predicted molar refractivity (Wildman–Crippen MR) is 114 cm³/mol. The predicted octanol–water partition coefficient (Wildman–Crippen LogP) is 7.32. The number of halogens is 7. The molecule has 1 heterocycles. The van der Waals surface area contributed by atoms with Crippen molar-refractivity contribution in [2.75, 3.05) is 0 Å². The van der Waals surface area contributed by atoms with Crippen molar-refractivity contribution in [3.05, 3.63) is 68.6 Å². The van der Waals surface area contributed by atoms with Gasteiger partial charge in [0.25, 0.3) is 0 Å². The van der Waals surface area contributed by atoms with Gasteiger partial charge in [-0.25, -0.2) is 31.4 Å². The van der Waals surface area contributed by atoms with Gasteiger partial charge in [-0.3, -0.25) is 0 Å². The van der Waals surface area contributed by atoms with E-state index in [0.717, 1.165) is 0 Å². The second-order valence-corrected chi connectivity index (χ2v) is 9.68. The van der Waals surface area contributed by atoms with Gasteiger partial charge in [0.05, 0.1) is 31.6 Å². The Hall–Kier alpha value is -2.30. The lowest BCUT2D eigenvalue weighted by molar-refractivity contribution is 0.0704. The van der Waals surface area contributed by atoms with Gasteiger partial charge in [0, 0.05) is 5.02 Å². The number of esters is 1. The molecule has 176 valence electrons. The molecule has 0 amide bonds. The average Bonchev–Trinajstić information content (AvgIpc) is 3.03. The molecule has 0 fully saturated rings. The van der Waals surface area contributed by atoms with Crippen molar-refractivity contribution in [3.63, 3.8) is 0 Å². The minimum atomic E-state index is -2.28. The molecule has 0 aliphatic heterocycles. The first-order chi connectivity index (χ1) is 15.2. The SMILES string of the molecule is Cc1nn(C(C)(C)C)c(OC(=O)c2ccc(Cl)cc2Cl)c1Sc1c(F)c(F)c(F)c(F)c1F. The molecule has 0 saturated heterocycles. The molecule has 33 heavy (non-hydrogen) atoms. The number of carbonyl (C=O) groups excluding carboxylic acids is 1. The molecule has 1 aromatic heterocycles. The number of hydrogen-bond donors (Lipinski definition) is 0. The topological polar surface area (TPSA) is 44.1 Å². The highest BCUT2D eigenvalue weighted by atomic mass is 35.5. The fourth-order valence-corrected chi connectivity index (χ4v) is 4.18. The zero-order valence-corrected chi connectivity index (χ0v) is 19.8. The molecule has 4 nitrogen and oxygen atoms in total. The smallest absolute Gasteiger partial charge is 0.346 e. The van der Waals surface area contributed by atoms with Crippen LogP contribution in [0.25, 0.3) is 0 Å². The molecular weight excluding hydrogens is 510 g/mol. The summed E-state index contributed by atoms with van der Waals surface area (Å²) < 4.78 is 76.2. The first-order valence-electron chi connectivity index (χ1n) is 9.20. The van der Waals surface area contributed by atoms with Crippen LogP contribution in [0.15, 0.2) is 28.0 Å². The summed E-state index contributed by atoms with van der Waals surface area (Å²) >= 11 is 12.1. The Labute approximate surface area is 199 Å². The van der Waals surface area contributed by atoms with E-state index >= 15 is 0 Å². The summed E-state index contributed by atoms with van der Waals surface area (Å²) in [5.74, 6) is -11.7. The molecule has 0 atom stereocenters. The number of carbonyl (C=O) groups is 1. The summed E-state index contributed by atoms with van der Waals surface area (Å²) in [7, 11) is 0. The monoisotopic (exact) mass is 524 g/mol. The Morgan fingerprint density at radius 2 is 1.52 bits per heavy atom. The zero-order chi connectivity index (χ0) is 24.8. The maximum Gasteiger partial charge on any atom is 0.346 e. The highest BCUT2D eigenvalue weighted by Gasteiger charge is 2.32. The van der Waals surface area contributed by atoms with Crippen molar-refractivity contribution in [2.45, 2.75) is 43.0 Å². The second kappa shape index (κ2) is 9.15. The quantitative estimate of drug-likeness (QED) is 0.155. The molecule has 0 aliphatic carbocycles. The number of aromatic nitrogens is 2. The maximum absolute atomic E-state index is 14.3. The fraction of sp³-hybridized carbons (Fsp3) is 0.238. The van der Waals surface area contributed by atoms with Crippen molar-refractivity contribution in [3.8, 4) is 5.88 Å². The summed E-state index contributed by atoms with van der Waals surface area (Å²) in [6.45, 7) is 6.56. The van der Waals surface area contributed by atoms with Crippen LogP contribution in [0.4, 0.5) is 22.0 Å². The lowest BCUT2D eigenvalue weighted by Crippen LogP contribution is -2.25. The van der Waals surface area contributed by atoms with Gasteiger partial charge in [-0.05, 0) is 45.9 Å². The largest absolute Gasteiger partial charge is 0.403 e. The van der Waals surface area contributed by atoms with Crippen molar-refractivity contribution in [1.82, 2.24) is 9.78 Å². The van der Waals surface area contributed by atoms with Gasteiger partial charge < -0.3 is 4.74 Å². The van der Waals surface area contributed by atoms with Crippen LogP contribution in [0.5, 0.6) is 5.88 Å². The Kier molecular flexibility index (Phi) is 7.02. The number of benzene rings is 2. The third-order valence-electron chi connectivity index (χ3n) is 4.31. The first kappa shape index (κ1) is 25.3. The van der Waals surface area contributed by atoms with Gasteiger partial charge in [0.15, 0.2) is 23.3 Å². The summed E-state index contributed by atoms with van der Waals surface area (Å²) in [4.78, 5) is 11.5. The molecule has 0 radical (unpaired) electrons. The standard InChI is InChI=1S/C21H15Cl2F5N2O2S/c1-8-17(33-18-15(27)13(25)12(24)14(26)16(18)28)19(30(29-8)21(2,3)4)32-20(31)10-6-5-9(22)7-11(10)23/h5-7H,1-4H3. The number of ether oxygens (including phenoxy) is 1. The van der Waals surface area contributed by atoms with Crippen molar-refractivity contribution >= 4 is 40.9 Å². The van der Waals surface area contributed by atoms with E-state index in [4.69, 9.17) is 27.9 Å². The second-order valence-electron chi connectivity index (χ2n) is 7.82. The van der Waals surface area contributed by atoms with E-state index in [1.165, 1.54) is 29.8 Å². The fourth-order valence-electron chi connectivity index (χ4n) is 2.73. The Morgan fingerprint density at radius 1 is 0.970 bits per heavy atom. The highest BCUT2D eigenvalue weighted by Crippen LogP contribution is 2.43. The summed E-state index contributed by atoms with van der Waals surface area (Å²) in [5.41, 5.74) is -0.726. The lowest BCUT2D eigenvalue weighted by atomic mass is 10.1. The molecule has 12 heteroatoms. The van der Waals surface area contributed by atoms with Gasteiger partial charge in [0.1, 0.15) is 0 Å². The number of rotatable bonds is 4. The molecule has 0 saturated carbocycles. The Morgan fingerprint density at radius 3 is 2.03 bits per heavy atom. The van der Waals surface area contributed by atoms with Crippen molar-refractivity contribution < 1.29 is 31.5 Å². The van der Waals surface area contributed by atoms with E-state index in [-0.39, 0.29) is 43.8 Å². The van der Waals surface area contributed by atoms with E-state index in [1.54, 1.807) is 20.8 Å². The number of aryl methyl sites for hydroxylation is 1. The number of hydrogen-bond acceptors (Lipinski definition) is 4. The minimum Gasteiger partial charge on any atom is -0.403 e. The van der Waals surface area contributed by atoms with Gasteiger partial charge >= 0.3 is 5.97 Å². The molecule has 0 N–H and O–H groups in total. The van der Waals surface area contributed by atoms with E-state index in [2.05, 4.69) is 5.10 Å². The van der Waals surface area contributed by atoms with Crippen LogP contribution in [-0.4, -0.2) is 15.7 Å². The summed E-state index contributed by atoms with van der Waals surface area (Å²) in [6.07, 6.45) is 0. The van der Waals surface area contributed by atoms with Gasteiger partial charge in [-0.15, -0.1) is 0 Å². The van der Waals surface area contributed by atoms with Crippen LogP contribution in [0, 0.1) is 36.0 Å².